The van der Waals surface area contributed by atoms with Crippen molar-refractivity contribution in [1.29, 1.82) is 0 Å². The molecule has 3 aromatic rings. The number of ether oxygens (including phenoxy) is 1. The first kappa shape index (κ1) is 20.6. The molecule has 1 amide bonds. The first-order valence-corrected chi connectivity index (χ1v) is 9.82. The molecule has 0 heterocycles. The Morgan fingerprint density at radius 1 is 0.931 bits per heavy atom. The number of halogens is 1. The van der Waals surface area contributed by atoms with Crippen LogP contribution in [0.2, 0.25) is 5.02 Å². The molecular weight excluding hydrogens is 386 g/mol. The zero-order chi connectivity index (χ0) is 20.6. The standard InChI is InChI=1S/C24H22ClNO3/c1-2-29-24(28)19-13-14-21(25)22(15-19)26-23(27)16-20(17-9-5-3-6-10-17)18-11-7-4-8-12-18/h3-15,20H,2,16H2,1H3,(H,26,27). The van der Waals surface area contributed by atoms with E-state index < -0.39 is 5.97 Å². The van der Waals surface area contributed by atoms with Gasteiger partial charge < -0.3 is 10.1 Å². The Labute approximate surface area is 175 Å². The van der Waals surface area contributed by atoms with Gasteiger partial charge in [0.25, 0.3) is 0 Å². The van der Waals surface area contributed by atoms with Crippen LogP contribution in [0.15, 0.2) is 78.9 Å². The molecule has 3 aromatic carbocycles. The van der Waals surface area contributed by atoms with Crippen molar-refractivity contribution in [3.8, 4) is 0 Å². The molecule has 0 aliphatic heterocycles. The maximum Gasteiger partial charge on any atom is 0.338 e. The first-order chi connectivity index (χ1) is 14.1. The molecule has 3 rings (SSSR count). The Morgan fingerprint density at radius 3 is 2.07 bits per heavy atom. The Morgan fingerprint density at radius 2 is 1.52 bits per heavy atom. The molecule has 29 heavy (non-hydrogen) atoms. The van der Waals surface area contributed by atoms with Crippen molar-refractivity contribution in [2.75, 3.05) is 11.9 Å². The summed E-state index contributed by atoms with van der Waals surface area (Å²) in [6.07, 6.45) is 0.244. The predicted molar refractivity (Wildman–Crippen MR) is 115 cm³/mol. The van der Waals surface area contributed by atoms with E-state index in [1.807, 2.05) is 60.7 Å². The van der Waals surface area contributed by atoms with Crippen LogP contribution in [0.25, 0.3) is 0 Å². The van der Waals surface area contributed by atoms with Gasteiger partial charge in [-0.2, -0.15) is 0 Å². The normalized spacial score (nSPS) is 10.6. The maximum absolute atomic E-state index is 12.8. The fourth-order valence-electron chi connectivity index (χ4n) is 3.15. The second-order valence-corrected chi connectivity index (χ2v) is 6.95. The number of rotatable bonds is 7. The van der Waals surface area contributed by atoms with E-state index in [0.29, 0.717) is 16.3 Å². The van der Waals surface area contributed by atoms with Gasteiger partial charge in [-0.15, -0.1) is 0 Å². The number of esters is 1. The van der Waals surface area contributed by atoms with E-state index in [2.05, 4.69) is 5.32 Å². The van der Waals surface area contributed by atoms with Gasteiger partial charge in [-0.05, 0) is 36.2 Å². The molecule has 5 heteroatoms. The molecule has 0 atom stereocenters. The number of hydrogen-bond acceptors (Lipinski definition) is 3. The van der Waals surface area contributed by atoms with E-state index in [1.54, 1.807) is 19.1 Å². The molecule has 0 bridgehead atoms. The van der Waals surface area contributed by atoms with E-state index in [0.717, 1.165) is 11.1 Å². The van der Waals surface area contributed by atoms with Crippen molar-refractivity contribution in [3.63, 3.8) is 0 Å². The molecule has 0 aliphatic rings. The summed E-state index contributed by atoms with van der Waals surface area (Å²) < 4.78 is 5.01. The van der Waals surface area contributed by atoms with Gasteiger partial charge in [0.1, 0.15) is 0 Å². The lowest BCUT2D eigenvalue weighted by atomic mass is 9.88. The van der Waals surface area contributed by atoms with Crippen LogP contribution in [-0.4, -0.2) is 18.5 Å². The van der Waals surface area contributed by atoms with E-state index in [-0.39, 0.29) is 24.9 Å². The molecular formula is C24H22ClNO3. The van der Waals surface area contributed by atoms with Gasteiger partial charge >= 0.3 is 5.97 Å². The number of nitrogens with one attached hydrogen (secondary N) is 1. The molecule has 0 radical (unpaired) electrons. The SMILES string of the molecule is CCOC(=O)c1ccc(Cl)c(NC(=O)CC(c2ccccc2)c2ccccc2)c1. The first-order valence-electron chi connectivity index (χ1n) is 9.45. The zero-order valence-electron chi connectivity index (χ0n) is 16.1. The summed E-state index contributed by atoms with van der Waals surface area (Å²) in [6, 6.07) is 24.5. The minimum Gasteiger partial charge on any atom is -0.462 e. The summed E-state index contributed by atoms with van der Waals surface area (Å²) in [5.74, 6) is -0.735. The van der Waals surface area contributed by atoms with Crippen LogP contribution in [0.3, 0.4) is 0 Å². The lowest BCUT2D eigenvalue weighted by molar-refractivity contribution is -0.116. The van der Waals surface area contributed by atoms with Crippen molar-refractivity contribution in [2.45, 2.75) is 19.3 Å². The maximum atomic E-state index is 12.8. The van der Waals surface area contributed by atoms with Gasteiger partial charge in [-0.3, -0.25) is 4.79 Å². The number of carbonyl (C=O) groups is 2. The van der Waals surface area contributed by atoms with E-state index in [1.165, 1.54) is 6.07 Å². The molecule has 1 N–H and O–H groups in total. The van der Waals surface area contributed by atoms with Gasteiger partial charge in [-0.25, -0.2) is 4.79 Å². The summed E-state index contributed by atoms with van der Waals surface area (Å²) in [5.41, 5.74) is 2.84. The number of amides is 1. The monoisotopic (exact) mass is 407 g/mol. The van der Waals surface area contributed by atoms with Crippen LogP contribution in [-0.2, 0) is 9.53 Å². The molecule has 0 aliphatic carbocycles. The molecule has 0 unspecified atom stereocenters. The predicted octanol–water partition coefficient (Wildman–Crippen LogP) is 5.68. The quantitative estimate of drug-likeness (QED) is 0.513. The van der Waals surface area contributed by atoms with Gasteiger partial charge in [0.2, 0.25) is 5.91 Å². The second kappa shape index (κ2) is 9.89. The Hall–Kier alpha value is -3.11. The van der Waals surface area contributed by atoms with Crippen molar-refractivity contribution in [2.24, 2.45) is 0 Å². The summed E-state index contributed by atoms with van der Waals surface area (Å²) in [6.45, 7) is 2.02. The van der Waals surface area contributed by atoms with Gasteiger partial charge in [0.05, 0.1) is 22.9 Å². The van der Waals surface area contributed by atoms with Crippen LogP contribution in [0, 0.1) is 0 Å². The number of carbonyl (C=O) groups excluding carboxylic acids is 2. The molecule has 0 saturated carbocycles. The molecule has 0 aromatic heterocycles. The smallest absolute Gasteiger partial charge is 0.338 e. The van der Waals surface area contributed by atoms with Crippen molar-refractivity contribution in [3.05, 3.63) is 101 Å². The average molecular weight is 408 g/mol. The van der Waals surface area contributed by atoms with Crippen molar-refractivity contribution < 1.29 is 14.3 Å². The molecule has 4 nitrogen and oxygen atoms in total. The lowest BCUT2D eigenvalue weighted by Gasteiger charge is -2.18. The number of anilines is 1. The Kier molecular flexibility index (Phi) is 7.04. The fraction of sp³-hybridized carbons (Fsp3) is 0.167. The summed E-state index contributed by atoms with van der Waals surface area (Å²) in [7, 11) is 0. The lowest BCUT2D eigenvalue weighted by Crippen LogP contribution is -2.17. The van der Waals surface area contributed by atoms with Crippen LogP contribution < -0.4 is 5.32 Å². The topological polar surface area (TPSA) is 55.4 Å². The highest BCUT2D eigenvalue weighted by Crippen LogP contribution is 2.29. The van der Waals surface area contributed by atoms with Crippen molar-refractivity contribution in [1.82, 2.24) is 0 Å². The highest BCUT2D eigenvalue weighted by Gasteiger charge is 2.19. The molecule has 0 saturated heterocycles. The Bertz CT molecular complexity index is 934. The highest BCUT2D eigenvalue weighted by atomic mass is 35.5. The van der Waals surface area contributed by atoms with Crippen LogP contribution in [0.1, 0.15) is 40.7 Å². The van der Waals surface area contributed by atoms with Gasteiger partial charge in [-0.1, -0.05) is 72.3 Å². The number of hydrogen-bond donors (Lipinski definition) is 1. The molecule has 148 valence electrons. The highest BCUT2D eigenvalue weighted by molar-refractivity contribution is 6.33. The van der Waals surface area contributed by atoms with Gasteiger partial charge in [0, 0.05) is 12.3 Å². The third-order valence-electron chi connectivity index (χ3n) is 4.54. The summed E-state index contributed by atoms with van der Waals surface area (Å²) in [4.78, 5) is 24.8. The van der Waals surface area contributed by atoms with Crippen LogP contribution in [0.4, 0.5) is 5.69 Å². The summed E-state index contributed by atoms with van der Waals surface area (Å²) in [5, 5.41) is 3.20. The minimum absolute atomic E-state index is 0.0931. The fourth-order valence-corrected chi connectivity index (χ4v) is 3.31. The molecule has 0 spiro atoms. The largest absolute Gasteiger partial charge is 0.462 e. The molecule has 0 fully saturated rings. The van der Waals surface area contributed by atoms with E-state index in [4.69, 9.17) is 16.3 Å². The van der Waals surface area contributed by atoms with Crippen molar-refractivity contribution >= 4 is 29.2 Å². The van der Waals surface area contributed by atoms with Crippen LogP contribution >= 0.6 is 11.6 Å². The minimum atomic E-state index is -0.453. The van der Waals surface area contributed by atoms with E-state index in [9.17, 15) is 9.59 Å². The van der Waals surface area contributed by atoms with Crippen LogP contribution in [0.5, 0.6) is 0 Å². The number of benzene rings is 3. The zero-order valence-corrected chi connectivity index (χ0v) is 16.9. The average Bonchev–Trinajstić information content (AvgIpc) is 2.75. The third-order valence-corrected chi connectivity index (χ3v) is 4.87. The third kappa shape index (κ3) is 5.46. The summed E-state index contributed by atoms with van der Waals surface area (Å²) >= 11 is 6.23. The Balaban J connectivity index is 1.81. The van der Waals surface area contributed by atoms with E-state index >= 15 is 0 Å². The van der Waals surface area contributed by atoms with Gasteiger partial charge in [0.15, 0.2) is 0 Å². The second-order valence-electron chi connectivity index (χ2n) is 6.54.